The Kier molecular flexibility index (Phi) is 5.24. The Hall–Kier alpha value is -3.29. The van der Waals surface area contributed by atoms with Gasteiger partial charge >= 0.3 is 6.09 Å². The summed E-state index contributed by atoms with van der Waals surface area (Å²) in [4.78, 5) is 22.2. The van der Waals surface area contributed by atoms with Crippen LogP contribution in [0.3, 0.4) is 0 Å². The van der Waals surface area contributed by atoms with E-state index in [2.05, 4.69) is 14.9 Å². The van der Waals surface area contributed by atoms with Gasteiger partial charge in [-0.15, -0.1) is 0 Å². The number of hydrogen-bond donors (Lipinski definition) is 3. The number of imidazole rings is 1. The molecule has 4 rings (SSSR count). The molecular weight excluding hydrogens is 368 g/mol. The monoisotopic (exact) mass is 394 g/mol. The van der Waals surface area contributed by atoms with Crippen molar-refractivity contribution in [1.82, 2.24) is 19.4 Å². The SMILES string of the molecule is CCC1CC(Nc2nc3ccccc3n2Cc2ncccc2N)CCN1C(=O)O. The number of piperidine rings is 1. The number of nitrogens with two attached hydrogens (primary N) is 1. The van der Waals surface area contributed by atoms with E-state index in [9.17, 15) is 9.90 Å². The number of anilines is 2. The summed E-state index contributed by atoms with van der Waals surface area (Å²) in [7, 11) is 0. The fourth-order valence-corrected chi connectivity index (χ4v) is 4.08. The number of pyridine rings is 1. The second kappa shape index (κ2) is 7.98. The van der Waals surface area contributed by atoms with E-state index in [1.54, 1.807) is 11.1 Å². The van der Waals surface area contributed by atoms with E-state index >= 15 is 0 Å². The number of nitrogen functional groups attached to an aromatic ring is 1. The zero-order valence-corrected chi connectivity index (χ0v) is 16.5. The third-order valence-corrected chi connectivity index (χ3v) is 5.65. The van der Waals surface area contributed by atoms with Crippen LogP contribution in [0.15, 0.2) is 42.6 Å². The Morgan fingerprint density at radius 1 is 1.31 bits per heavy atom. The predicted molar refractivity (Wildman–Crippen MR) is 113 cm³/mol. The maximum Gasteiger partial charge on any atom is 0.407 e. The molecule has 2 aromatic heterocycles. The molecule has 1 saturated heterocycles. The third kappa shape index (κ3) is 3.83. The molecule has 0 spiro atoms. The zero-order chi connectivity index (χ0) is 20.4. The summed E-state index contributed by atoms with van der Waals surface area (Å²) in [5, 5.41) is 13.0. The van der Waals surface area contributed by atoms with Crippen LogP contribution in [-0.4, -0.2) is 49.3 Å². The number of aromatic nitrogens is 3. The van der Waals surface area contributed by atoms with Gasteiger partial charge in [-0.25, -0.2) is 9.78 Å². The Bertz CT molecular complexity index is 1020. The minimum atomic E-state index is -0.840. The average molecular weight is 394 g/mol. The quantitative estimate of drug-likeness (QED) is 0.612. The second-order valence-electron chi connectivity index (χ2n) is 7.45. The molecule has 2 unspecified atom stereocenters. The number of nitrogens with zero attached hydrogens (tertiary/aromatic N) is 4. The fourth-order valence-electron chi connectivity index (χ4n) is 4.08. The van der Waals surface area contributed by atoms with Crippen molar-refractivity contribution in [3.05, 3.63) is 48.3 Å². The summed E-state index contributed by atoms with van der Waals surface area (Å²) in [5.41, 5.74) is 9.48. The van der Waals surface area contributed by atoms with Gasteiger partial charge in [-0.2, -0.15) is 0 Å². The number of fused-ring (bicyclic) bond motifs is 1. The van der Waals surface area contributed by atoms with Gasteiger partial charge < -0.3 is 25.6 Å². The van der Waals surface area contributed by atoms with Crippen LogP contribution in [0.1, 0.15) is 31.9 Å². The summed E-state index contributed by atoms with van der Waals surface area (Å²) in [6.07, 6.45) is 3.21. The molecule has 1 aliphatic heterocycles. The normalized spacial score (nSPS) is 19.4. The Morgan fingerprint density at radius 3 is 2.90 bits per heavy atom. The molecule has 1 aliphatic rings. The Balaban J connectivity index is 1.62. The molecule has 0 saturated carbocycles. The van der Waals surface area contributed by atoms with E-state index in [1.165, 1.54) is 0 Å². The molecule has 0 aliphatic carbocycles. The maximum atomic E-state index is 11.5. The Morgan fingerprint density at radius 2 is 2.14 bits per heavy atom. The topological polar surface area (TPSA) is 109 Å². The summed E-state index contributed by atoms with van der Waals surface area (Å²) in [6, 6.07) is 11.8. The van der Waals surface area contributed by atoms with Gasteiger partial charge in [-0.1, -0.05) is 19.1 Å². The van der Waals surface area contributed by atoms with Crippen LogP contribution >= 0.6 is 0 Å². The van der Waals surface area contributed by atoms with Gasteiger partial charge in [0.15, 0.2) is 0 Å². The third-order valence-electron chi connectivity index (χ3n) is 5.65. The number of amides is 1. The highest BCUT2D eigenvalue weighted by molar-refractivity contribution is 5.79. The largest absolute Gasteiger partial charge is 0.465 e. The molecule has 2 atom stereocenters. The smallest absolute Gasteiger partial charge is 0.407 e. The van der Waals surface area contributed by atoms with Crippen molar-refractivity contribution in [1.29, 1.82) is 0 Å². The minimum Gasteiger partial charge on any atom is -0.465 e. The lowest BCUT2D eigenvalue weighted by Crippen LogP contribution is -2.48. The molecule has 3 heterocycles. The Labute approximate surface area is 169 Å². The number of rotatable bonds is 5. The van der Waals surface area contributed by atoms with E-state index in [0.29, 0.717) is 18.8 Å². The highest BCUT2D eigenvalue weighted by atomic mass is 16.4. The first-order valence-corrected chi connectivity index (χ1v) is 9.97. The van der Waals surface area contributed by atoms with Gasteiger partial charge in [0.05, 0.1) is 29.0 Å². The molecule has 4 N–H and O–H groups in total. The minimum absolute atomic E-state index is 0.0167. The molecule has 1 aromatic carbocycles. The highest BCUT2D eigenvalue weighted by Gasteiger charge is 2.31. The molecule has 152 valence electrons. The van der Waals surface area contributed by atoms with E-state index in [-0.39, 0.29) is 12.1 Å². The molecule has 1 fully saturated rings. The molecule has 3 aromatic rings. The first kappa shape index (κ1) is 19.0. The van der Waals surface area contributed by atoms with Crippen molar-refractivity contribution in [2.45, 2.75) is 44.8 Å². The predicted octanol–water partition coefficient (Wildman–Crippen LogP) is 3.39. The van der Waals surface area contributed by atoms with Gasteiger partial charge in [-0.05, 0) is 43.5 Å². The van der Waals surface area contributed by atoms with Crippen LogP contribution in [0, 0.1) is 0 Å². The summed E-state index contributed by atoms with van der Waals surface area (Å²) < 4.78 is 2.10. The van der Waals surface area contributed by atoms with Crippen molar-refractivity contribution in [2.24, 2.45) is 0 Å². The van der Waals surface area contributed by atoms with Gasteiger partial charge in [0.2, 0.25) is 5.95 Å². The number of para-hydroxylation sites is 2. The zero-order valence-electron chi connectivity index (χ0n) is 16.5. The number of carbonyl (C=O) groups is 1. The highest BCUT2D eigenvalue weighted by Crippen LogP contribution is 2.26. The van der Waals surface area contributed by atoms with Gasteiger partial charge in [0, 0.05) is 24.8 Å². The first-order valence-electron chi connectivity index (χ1n) is 9.97. The number of nitrogens with one attached hydrogen (secondary N) is 1. The van der Waals surface area contributed by atoms with Crippen molar-refractivity contribution in [3.63, 3.8) is 0 Å². The standard InChI is InChI=1S/C21H26N6O2/c1-2-15-12-14(9-11-26(15)21(28)29)24-20-25-17-7-3-4-8-19(17)27(20)13-18-16(22)6-5-10-23-18/h3-8,10,14-15H,2,9,11-13,22H2,1H3,(H,24,25)(H,28,29). The van der Waals surface area contributed by atoms with Crippen molar-refractivity contribution in [2.75, 3.05) is 17.6 Å². The molecule has 8 heteroatoms. The number of hydrogen-bond acceptors (Lipinski definition) is 5. The van der Waals surface area contributed by atoms with Crippen LogP contribution in [0.4, 0.5) is 16.4 Å². The maximum absolute atomic E-state index is 11.5. The van der Waals surface area contributed by atoms with Gasteiger partial charge in [-0.3, -0.25) is 4.98 Å². The van der Waals surface area contributed by atoms with Gasteiger partial charge in [0.1, 0.15) is 0 Å². The summed E-state index contributed by atoms with van der Waals surface area (Å²) in [6.45, 7) is 3.07. The summed E-state index contributed by atoms with van der Waals surface area (Å²) >= 11 is 0. The van der Waals surface area contributed by atoms with Crippen LogP contribution in [0.2, 0.25) is 0 Å². The second-order valence-corrected chi connectivity index (χ2v) is 7.45. The number of likely N-dealkylation sites (tertiary alicyclic amines) is 1. The van der Waals surface area contributed by atoms with Crippen LogP contribution in [-0.2, 0) is 6.54 Å². The first-order chi connectivity index (χ1) is 14.1. The fraction of sp³-hybridized carbons (Fsp3) is 0.381. The number of benzene rings is 1. The lowest BCUT2D eigenvalue weighted by Gasteiger charge is -2.37. The van der Waals surface area contributed by atoms with E-state index < -0.39 is 6.09 Å². The van der Waals surface area contributed by atoms with Crippen LogP contribution < -0.4 is 11.1 Å². The molecule has 8 nitrogen and oxygen atoms in total. The lowest BCUT2D eigenvalue weighted by atomic mass is 9.96. The molecule has 0 radical (unpaired) electrons. The van der Waals surface area contributed by atoms with Crippen molar-refractivity contribution < 1.29 is 9.90 Å². The molecule has 0 bridgehead atoms. The van der Waals surface area contributed by atoms with Crippen molar-refractivity contribution >= 4 is 28.8 Å². The number of carboxylic acid groups (broad SMARTS) is 1. The van der Waals surface area contributed by atoms with E-state index in [4.69, 9.17) is 10.7 Å². The van der Waals surface area contributed by atoms with E-state index in [1.807, 2.05) is 43.3 Å². The van der Waals surface area contributed by atoms with Crippen LogP contribution in [0.5, 0.6) is 0 Å². The van der Waals surface area contributed by atoms with Crippen LogP contribution in [0.25, 0.3) is 11.0 Å². The van der Waals surface area contributed by atoms with Crippen molar-refractivity contribution in [3.8, 4) is 0 Å². The molecule has 29 heavy (non-hydrogen) atoms. The molecule has 1 amide bonds. The average Bonchev–Trinajstić information content (AvgIpc) is 3.06. The lowest BCUT2D eigenvalue weighted by molar-refractivity contribution is 0.102. The van der Waals surface area contributed by atoms with E-state index in [0.717, 1.165) is 41.9 Å². The molecular formula is C21H26N6O2. The van der Waals surface area contributed by atoms with Gasteiger partial charge in [0.25, 0.3) is 0 Å². The summed E-state index contributed by atoms with van der Waals surface area (Å²) in [5.74, 6) is 0.764.